The van der Waals surface area contributed by atoms with Crippen molar-refractivity contribution < 1.29 is 29.0 Å². The lowest BCUT2D eigenvalue weighted by atomic mass is 10.2. The Balaban J connectivity index is 3.96. The molecule has 0 rings (SSSR count). The number of hydrogen-bond acceptors (Lipinski definition) is 5. The number of hydrogen-bond donors (Lipinski definition) is 1. The van der Waals surface area contributed by atoms with Gasteiger partial charge in [-0.15, -0.1) is 11.6 Å². The second-order valence-corrected chi connectivity index (χ2v) is 4.37. The second kappa shape index (κ2) is 8.31. The topological polar surface area (TPSA) is 89.9 Å². The maximum absolute atomic E-state index is 11.3. The van der Waals surface area contributed by atoms with E-state index in [-0.39, 0.29) is 24.4 Å². The molecule has 1 unspecified atom stereocenters. The van der Waals surface area contributed by atoms with Gasteiger partial charge in [0.2, 0.25) is 0 Å². The number of ether oxygens (including phenoxy) is 2. The van der Waals surface area contributed by atoms with Gasteiger partial charge in [-0.3, -0.25) is 4.79 Å². The minimum atomic E-state index is -1.18. The summed E-state index contributed by atoms with van der Waals surface area (Å²) in [6, 6.07) is 0. The highest BCUT2D eigenvalue weighted by atomic mass is 35.5. The molecule has 0 aliphatic carbocycles. The number of aliphatic carboxylic acids is 1. The molecule has 6 nitrogen and oxygen atoms in total. The standard InChI is InChI=1S/C12H15ClO6/c1-7(2)11(16)18-5-9(13)6-19-12(17)8(3)4-10(14)15/h9H,1,3-6H2,2H3,(H,14,15). The molecular formula is C12H15ClO6. The van der Waals surface area contributed by atoms with Crippen LogP contribution in [-0.4, -0.2) is 41.6 Å². The van der Waals surface area contributed by atoms with Gasteiger partial charge >= 0.3 is 17.9 Å². The zero-order valence-electron chi connectivity index (χ0n) is 10.5. The number of carboxylic acids is 1. The summed E-state index contributed by atoms with van der Waals surface area (Å²) in [7, 11) is 0. The largest absolute Gasteiger partial charge is 0.481 e. The third-order valence-corrected chi connectivity index (χ3v) is 2.04. The Labute approximate surface area is 115 Å². The zero-order valence-corrected chi connectivity index (χ0v) is 11.2. The Morgan fingerprint density at radius 3 is 2.05 bits per heavy atom. The van der Waals surface area contributed by atoms with Crippen LogP contribution in [0.25, 0.3) is 0 Å². The molecule has 0 aromatic heterocycles. The Kier molecular flexibility index (Phi) is 7.52. The van der Waals surface area contributed by atoms with E-state index in [1.54, 1.807) is 0 Å². The van der Waals surface area contributed by atoms with Gasteiger partial charge in [-0.05, 0) is 6.92 Å². The molecule has 0 saturated heterocycles. The summed E-state index contributed by atoms with van der Waals surface area (Å²) in [6.45, 7) is 7.78. The molecule has 0 aromatic rings. The van der Waals surface area contributed by atoms with Crippen molar-refractivity contribution in [3.8, 4) is 0 Å². The molecule has 0 fully saturated rings. The second-order valence-electron chi connectivity index (χ2n) is 3.75. The van der Waals surface area contributed by atoms with E-state index >= 15 is 0 Å². The van der Waals surface area contributed by atoms with Gasteiger partial charge in [-0.2, -0.15) is 0 Å². The molecule has 0 aliphatic rings. The molecule has 1 atom stereocenters. The van der Waals surface area contributed by atoms with Gasteiger partial charge < -0.3 is 14.6 Å². The lowest BCUT2D eigenvalue weighted by molar-refractivity contribution is -0.144. The smallest absolute Gasteiger partial charge is 0.334 e. The zero-order chi connectivity index (χ0) is 15.0. The number of alkyl halides is 1. The van der Waals surface area contributed by atoms with Gasteiger partial charge in [0.1, 0.15) is 18.6 Å². The summed E-state index contributed by atoms with van der Waals surface area (Å²) in [6.07, 6.45) is -0.504. The minimum absolute atomic E-state index is 0.147. The van der Waals surface area contributed by atoms with Crippen LogP contribution in [0.4, 0.5) is 0 Å². The predicted molar refractivity (Wildman–Crippen MR) is 67.8 cm³/mol. The first-order chi connectivity index (χ1) is 8.73. The van der Waals surface area contributed by atoms with E-state index in [2.05, 4.69) is 13.2 Å². The van der Waals surface area contributed by atoms with Crippen molar-refractivity contribution >= 4 is 29.5 Å². The van der Waals surface area contributed by atoms with E-state index in [9.17, 15) is 14.4 Å². The molecule has 0 amide bonds. The molecule has 0 aliphatic heterocycles. The third kappa shape index (κ3) is 7.99. The Morgan fingerprint density at radius 2 is 1.63 bits per heavy atom. The Bertz CT molecular complexity index is 401. The fraction of sp³-hybridized carbons (Fsp3) is 0.417. The number of carboxylic acid groups (broad SMARTS) is 1. The summed E-state index contributed by atoms with van der Waals surface area (Å²) in [4.78, 5) is 32.6. The summed E-state index contributed by atoms with van der Waals surface area (Å²) in [5.74, 6) is -2.62. The van der Waals surface area contributed by atoms with Crippen molar-refractivity contribution in [1.82, 2.24) is 0 Å². The average Bonchev–Trinajstić information content (AvgIpc) is 2.31. The summed E-state index contributed by atoms with van der Waals surface area (Å²) in [5.41, 5.74) is 0.0472. The van der Waals surface area contributed by atoms with Crippen LogP contribution in [0.15, 0.2) is 24.3 Å². The van der Waals surface area contributed by atoms with Gasteiger partial charge in [0.05, 0.1) is 6.42 Å². The van der Waals surface area contributed by atoms with E-state index < -0.39 is 29.7 Å². The van der Waals surface area contributed by atoms with Crippen LogP contribution >= 0.6 is 11.6 Å². The first-order valence-electron chi connectivity index (χ1n) is 5.27. The highest BCUT2D eigenvalue weighted by molar-refractivity contribution is 6.21. The van der Waals surface area contributed by atoms with Crippen molar-refractivity contribution in [2.75, 3.05) is 13.2 Å². The maximum Gasteiger partial charge on any atom is 0.334 e. The average molecular weight is 291 g/mol. The van der Waals surface area contributed by atoms with Crippen LogP contribution in [0.1, 0.15) is 13.3 Å². The van der Waals surface area contributed by atoms with Gasteiger partial charge in [-0.1, -0.05) is 13.2 Å². The van der Waals surface area contributed by atoms with Crippen molar-refractivity contribution in [2.24, 2.45) is 0 Å². The highest BCUT2D eigenvalue weighted by Gasteiger charge is 2.16. The van der Waals surface area contributed by atoms with Crippen molar-refractivity contribution in [2.45, 2.75) is 18.7 Å². The van der Waals surface area contributed by atoms with Crippen molar-refractivity contribution in [3.63, 3.8) is 0 Å². The van der Waals surface area contributed by atoms with Crippen LogP contribution in [0, 0.1) is 0 Å². The van der Waals surface area contributed by atoms with Crippen molar-refractivity contribution in [3.05, 3.63) is 24.3 Å². The van der Waals surface area contributed by atoms with Crippen LogP contribution in [0.2, 0.25) is 0 Å². The number of esters is 2. The van der Waals surface area contributed by atoms with Gasteiger partial charge in [-0.25, -0.2) is 9.59 Å². The van der Waals surface area contributed by atoms with E-state index in [1.165, 1.54) is 6.92 Å². The molecule has 0 spiro atoms. The van der Waals surface area contributed by atoms with E-state index in [0.717, 1.165) is 0 Å². The molecular weight excluding hydrogens is 276 g/mol. The molecule has 0 saturated carbocycles. The van der Waals surface area contributed by atoms with Gasteiger partial charge in [0.25, 0.3) is 0 Å². The van der Waals surface area contributed by atoms with Crippen LogP contribution < -0.4 is 0 Å². The normalized spacial score (nSPS) is 11.3. The number of rotatable bonds is 8. The van der Waals surface area contributed by atoms with Crippen LogP contribution in [0.5, 0.6) is 0 Å². The molecule has 7 heteroatoms. The highest BCUT2D eigenvalue weighted by Crippen LogP contribution is 2.05. The first kappa shape index (κ1) is 17.2. The number of carbonyl (C=O) groups is 3. The SMILES string of the molecule is C=C(C)C(=O)OCC(Cl)COC(=O)C(=C)CC(=O)O. The Hall–Kier alpha value is -1.82. The van der Waals surface area contributed by atoms with Gasteiger partial charge in [0, 0.05) is 11.1 Å². The number of carbonyl (C=O) groups excluding carboxylic acids is 2. The maximum atomic E-state index is 11.3. The fourth-order valence-electron chi connectivity index (χ4n) is 0.860. The van der Waals surface area contributed by atoms with Crippen LogP contribution in [-0.2, 0) is 23.9 Å². The molecule has 106 valence electrons. The lowest BCUT2D eigenvalue weighted by Crippen LogP contribution is -2.22. The fourth-order valence-corrected chi connectivity index (χ4v) is 0.986. The van der Waals surface area contributed by atoms with Gasteiger partial charge in [0.15, 0.2) is 0 Å². The lowest BCUT2D eigenvalue weighted by Gasteiger charge is -2.11. The Morgan fingerprint density at radius 1 is 1.16 bits per heavy atom. The first-order valence-corrected chi connectivity index (χ1v) is 5.71. The quantitative estimate of drug-likeness (QED) is 0.411. The minimum Gasteiger partial charge on any atom is -0.481 e. The summed E-state index contributed by atoms with van der Waals surface area (Å²) in [5, 5.41) is 7.72. The van der Waals surface area contributed by atoms with E-state index in [0.29, 0.717) is 0 Å². The molecule has 0 aromatic carbocycles. The predicted octanol–water partition coefficient (Wildman–Crippen LogP) is 1.29. The number of halogens is 1. The molecule has 1 N–H and O–H groups in total. The van der Waals surface area contributed by atoms with Crippen LogP contribution in [0.3, 0.4) is 0 Å². The molecule has 0 radical (unpaired) electrons. The summed E-state index contributed by atoms with van der Waals surface area (Å²) >= 11 is 5.75. The monoisotopic (exact) mass is 290 g/mol. The molecule has 0 heterocycles. The van der Waals surface area contributed by atoms with E-state index in [1.807, 2.05) is 0 Å². The molecule has 19 heavy (non-hydrogen) atoms. The third-order valence-electron chi connectivity index (χ3n) is 1.79. The van der Waals surface area contributed by atoms with Crippen molar-refractivity contribution in [1.29, 1.82) is 0 Å². The molecule has 0 bridgehead atoms. The summed E-state index contributed by atoms with van der Waals surface area (Å²) < 4.78 is 9.46. The van der Waals surface area contributed by atoms with E-state index in [4.69, 9.17) is 26.2 Å².